The lowest BCUT2D eigenvalue weighted by atomic mass is 10.1. The molecule has 0 radical (unpaired) electrons. The van der Waals surface area contributed by atoms with E-state index in [9.17, 15) is 9.36 Å². The van der Waals surface area contributed by atoms with Crippen LogP contribution >= 0.6 is 7.29 Å². The number of aromatic nitrogens is 4. The molecule has 0 saturated carbocycles. The SMILES string of the molecule is CCCOC(=O)C(C)(C)NP(=O)(CC#N)COC(C)Cn1cnc2c(N)ncnc21. The summed E-state index contributed by atoms with van der Waals surface area (Å²) in [6, 6.07) is 1.91. The zero-order valence-corrected chi connectivity index (χ0v) is 18.6. The van der Waals surface area contributed by atoms with Crippen LogP contribution in [0.3, 0.4) is 0 Å². The van der Waals surface area contributed by atoms with E-state index in [0.717, 1.165) is 0 Å². The Bertz CT molecular complexity index is 969. The molecule has 2 heterocycles. The van der Waals surface area contributed by atoms with Crippen LogP contribution in [0.4, 0.5) is 5.82 Å². The highest BCUT2D eigenvalue weighted by molar-refractivity contribution is 7.62. The average Bonchev–Trinajstić information content (AvgIpc) is 3.08. The molecular weight excluding hydrogens is 409 g/mol. The van der Waals surface area contributed by atoms with E-state index >= 15 is 0 Å². The summed E-state index contributed by atoms with van der Waals surface area (Å²) in [6.07, 6.45) is 2.75. The third kappa shape index (κ3) is 5.98. The normalized spacial score (nSPS) is 14.8. The molecule has 30 heavy (non-hydrogen) atoms. The Kier molecular flexibility index (Phi) is 7.89. The van der Waals surface area contributed by atoms with Gasteiger partial charge in [-0.05, 0) is 27.2 Å². The van der Waals surface area contributed by atoms with Crippen LogP contribution in [-0.4, -0.2) is 56.2 Å². The summed E-state index contributed by atoms with van der Waals surface area (Å²) in [5, 5.41) is 11.9. The number of imidazole rings is 1. The van der Waals surface area contributed by atoms with Crippen molar-refractivity contribution in [3.63, 3.8) is 0 Å². The van der Waals surface area contributed by atoms with E-state index in [2.05, 4.69) is 20.0 Å². The molecule has 11 nitrogen and oxygen atoms in total. The number of nitriles is 1. The van der Waals surface area contributed by atoms with Crippen molar-refractivity contribution in [3.05, 3.63) is 12.7 Å². The fourth-order valence-corrected chi connectivity index (χ4v) is 4.84. The second-order valence-corrected chi connectivity index (χ2v) is 10.1. The largest absolute Gasteiger partial charge is 0.464 e. The molecule has 2 unspecified atom stereocenters. The Labute approximate surface area is 175 Å². The van der Waals surface area contributed by atoms with Crippen LogP contribution in [0.2, 0.25) is 0 Å². The van der Waals surface area contributed by atoms with Crippen molar-refractivity contribution >= 4 is 30.2 Å². The van der Waals surface area contributed by atoms with E-state index in [0.29, 0.717) is 24.1 Å². The molecule has 0 aliphatic heterocycles. The molecule has 0 spiro atoms. The maximum absolute atomic E-state index is 13.2. The lowest BCUT2D eigenvalue weighted by molar-refractivity contribution is -0.149. The number of hydrogen-bond donors (Lipinski definition) is 2. The molecule has 0 amide bonds. The molecule has 3 N–H and O–H groups in total. The van der Waals surface area contributed by atoms with Crippen LogP contribution in [0.15, 0.2) is 12.7 Å². The van der Waals surface area contributed by atoms with Crippen molar-refractivity contribution in [2.24, 2.45) is 0 Å². The number of carbonyl (C=O) groups is 1. The zero-order valence-electron chi connectivity index (χ0n) is 17.7. The Morgan fingerprint density at radius 2 is 2.17 bits per heavy atom. The van der Waals surface area contributed by atoms with Crippen LogP contribution in [0.5, 0.6) is 0 Å². The summed E-state index contributed by atoms with van der Waals surface area (Å²) in [4.78, 5) is 24.5. The highest BCUT2D eigenvalue weighted by Gasteiger charge is 2.37. The highest BCUT2D eigenvalue weighted by Crippen LogP contribution is 2.43. The maximum atomic E-state index is 13.2. The molecule has 0 aliphatic rings. The van der Waals surface area contributed by atoms with Crippen LogP contribution in [0.1, 0.15) is 34.1 Å². The number of ether oxygens (including phenoxy) is 2. The fraction of sp³-hybridized carbons (Fsp3) is 0.611. The van der Waals surface area contributed by atoms with Gasteiger partial charge in [0.15, 0.2) is 18.8 Å². The van der Waals surface area contributed by atoms with Gasteiger partial charge in [0.1, 0.15) is 29.9 Å². The number of anilines is 1. The summed E-state index contributed by atoms with van der Waals surface area (Å²) >= 11 is 0. The monoisotopic (exact) mass is 437 g/mol. The molecular formula is C18H28N7O4P. The van der Waals surface area contributed by atoms with Crippen LogP contribution < -0.4 is 10.8 Å². The molecule has 2 aromatic rings. The summed E-state index contributed by atoms with van der Waals surface area (Å²) in [7, 11) is -3.33. The lowest BCUT2D eigenvalue weighted by Crippen LogP contribution is -2.47. The summed E-state index contributed by atoms with van der Waals surface area (Å²) in [5.41, 5.74) is 5.63. The van der Waals surface area contributed by atoms with Gasteiger partial charge in [0.25, 0.3) is 0 Å². The van der Waals surface area contributed by atoms with Crippen molar-refractivity contribution in [2.45, 2.75) is 52.3 Å². The standard InChI is InChI=1S/C18H28N7O4P/c1-5-7-28-17(26)18(3,4)24-30(27,8-6-19)12-29-13(2)9-25-11-23-14-15(20)21-10-22-16(14)25/h10-11,13H,5,7-9,12H2,1-4H3,(H,24,27)(H2,20,21,22). The van der Waals surface area contributed by atoms with Crippen molar-refractivity contribution in [3.8, 4) is 6.07 Å². The second-order valence-electron chi connectivity index (χ2n) is 7.51. The first-order chi connectivity index (χ1) is 14.1. The third-order valence-electron chi connectivity index (χ3n) is 4.21. The van der Waals surface area contributed by atoms with Gasteiger partial charge < -0.3 is 24.3 Å². The van der Waals surface area contributed by atoms with E-state index in [4.69, 9.17) is 20.5 Å². The van der Waals surface area contributed by atoms with Crippen molar-refractivity contribution in [1.29, 1.82) is 5.26 Å². The number of esters is 1. The van der Waals surface area contributed by atoms with Gasteiger partial charge in [-0.15, -0.1) is 0 Å². The van der Waals surface area contributed by atoms with Gasteiger partial charge in [0, 0.05) is 0 Å². The molecule has 2 aromatic heterocycles. The smallest absolute Gasteiger partial charge is 0.326 e. The first kappa shape index (κ1) is 23.7. The summed E-state index contributed by atoms with van der Waals surface area (Å²) in [5.74, 6) is -0.245. The minimum Gasteiger partial charge on any atom is -0.464 e. The Morgan fingerprint density at radius 1 is 1.43 bits per heavy atom. The van der Waals surface area contributed by atoms with Gasteiger partial charge in [-0.1, -0.05) is 6.92 Å². The maximum Gasteiger partial charge on any atom is 0.326 e. The number of carbonyl (C=O) groups excluding carboxylic acids is 1. The van der Waals surface area contributed by atoms with Crippen molar-refractivity contribution in [2.75, 3.05) is 24.9 Å². The quantitative estimate of drug-likeness (QED) is 0.393. The second kappa shape index (κ2) is 9.98. The number of nitrogen functional groups attached to an aromatic ring is 1. The fourth-order valence-electron chi connectivity index (χ4n) is 2.77. The van der Waals surface area contributed by atoms with Gasteiger partial charge in [0.05, 0.1) is 31.7 Å². The van der Waals surface area contributed by atoms with E-state index in [1.165, 1.54) is 6.33 Å². The third-order valence-corrected chi connectivity index (χ3v) is 6.39. The number of nitrogens with two attached hydrogens (primary N) is 1. The van der Waals surface area contributed by atoms with E-state index < -0.39 is 18.8 Å². The number of nitrogens with one attached hydrogen (secondary N) is 1. The van der Waals surface area contributed by atoms with E-state index in [1.54, 1.807) is 31.7 Å². The van der Waals surface area contributed by atoms with E-state index in [1.807, 2.05) is 13.0 Å². The highest BCUT2D eigenvalue weighted by atomic mass is 31.2. The van der Waals surface area contributed by atoms with Gasteiger partial charge in [-0.25, -0.2) is 20.0 Å². The van der Waals surface area contributed by atoms with E-state index in [-0.39, 0.29) is 31.0 Å². The van der Waals surface area contributed by atoms with Gasteiger partial charge in [-0.3, -0.25) is 4.79 Å². The molecule has 0 aromatic carbocycles. The first-order valence-electron chi connectivity index (χ1n) is 9.56. The molecule has 12 heteroatoms. The molecule has 0 aliphatic carbocycles. The predicted molar refractivity (Wildman–Crippen MR) is 112 cm³/mol. The number of fused-ring (bicyclic) bond motifs is 1. The number of hydrogen-bond acceptors (Lipinski definition) is 9. The Hall–Kier alpha value is -2.54. The van der Waals surface area contributed by atoms with Gasteiger partial charge in [0.2, 0.25) is 0 Å². The summed E-state index contributed by atoms with van der Waals surface area (Å²) < 4.78 is 25.9. The number of nitrogens with zero attached hydrogens (tertiary/aromatic N) is 5. The van der Waals surface area contributed by atoms with Crippen LogP contribution in [-0.2, 0) is 25.4 Å². The van der Waals surface area contributed by atoms with Crippen molar-refractivity contribution < 1.29 is 18.8 Å². The minimum absolute atomic E-state index is 0.212. The number of rotatable bonds is 11. The minimum atomic E-state index is -3.33. The topological polar surface area (TPSA) is 158 Å². The molecule has 0 saturated heterocycles. The Morgan fingerprint density at radius 3 is 2.83 bits per heavy atom. The molecule has 0 bridgehead atoms. The Balaban J connectivity index is 2.03. The predicted octanol–water partition coefficient (Wildman–Crippen LogP) is 1.89. The van der Waals surface area contributed by atoms with Gasteiger partial charge >= 0.3 is 5.97 Å². The zero-order chi connectivity index (χ0) is 22.4. The van der Waals surface area contributed by atoms with Gasteiger partial charge in [-0.2, -0.15) is 5.26 Å². The molecule has 2 rings (SSSR count). The molecule has 0 fully saturated rings. The summed E-state index contributed by atoms with van der Waals surface area (Å²) in [6.45, 7) is 7.47. The lowest BCUT2D eigenvalue weighted by Gasteiger charge is -2.29. The van der Waals surface area contributed by atoms with Crippen LogP contribution in [0, 0.1) is 11.3 Å². The average molecular weight is 437 g/mol. The molecule has 2 atom stereocenters. The first-order valence-corrected chi connectivity index (χ1v) is 11.6. The molecule has 164 valence electrons. The van der Waals surface area contributed by atoms with Crippen LogP contribution in [0.25, 0.3) is 11.2 Å². The van der Waals surface area contributed by atoms with Crippen molar-refractivity contribution in [1.82, 2.24) is 24.6 Å².